The Kier molecular flexibility index (Phi) is 4.03. The summed E-state index contributed by atoms with van der Waals surface area (Å²) in [4.78, 5) is 17.8. The number of aromatic nitrogens is 1. The number of fused-ring (bicyclic) bond motifs is 1. The predicted molar refractivity (Wildman–Crippen MR) is 115 cm³/mol. The van der Waals surface area contributed by atoms with E-state index in [0.29, 0.717) is 10.6 Å². The summed E-state index contributed by atoms with van der Waals surface area (Å²) in [5, 5.41) is 3.49. The fourth-order valence-electron chi connectivity index (χ4n) is 4.40. The molecule has 4 aromatic rings. The minimum absolute atomic E-state index is 0.0651. The molecule has 3 nitrogen and oxygen atoms in total. The van der Waals surface area contributed by atoms with Gasteiger partial charge in [-0.05, 0) is 42.7 Å². The standard InChI is InChI=1S/C24H19FN2OS/c1-23(21(28)27-22-26-19-13-12-18(25)14-20(19)29-22)15-24(23,16-8-4-2-5-9-16)17-10-6-3-7-11-17/h2-14H,15H2,1H3,(H,26,27,28). The van der Waals surface area contributed by atoms with Crippen LogP contribution in [0.15, 0.2) is 78.9 Å². The van der Waals surface area contributed by atoms with Crippen molar-refractivity contribution in [3.8, 4) is 0 Å². The van der Waals surface area contributed by atoms with Crippen LogP contribution in [0.25, 0.3) is 10.2 Å². The molecule has 0 radical (unpaired) electrons. The molecular formula is C24H19FN2OS. The van der Waals surface area contributed by atoms with Crippen molar-refractivity contribution in [1.82, 2.24) is 4.98 Å². The number of rotatable bonds is 4. The average Bonchev–Trinajstić information content (AvgIpc) is 3.22. The second-order valence-electron chi connectivity index (χ2n) is 7.73. The van der Waals surface area contributed by atoms with E-state index in [-0.39, 0.29) is 17.1 Å². The van der Waals surface area contributed by atoms with E-state index in [0.717, 1.165) is 22.2 Å². The van der Waals surface area contributed by atoms with Crippen LogP contribution >= 0.6 is 11.3 Å². The van der Waals surface area contributed by atoms with Crippen LogP contribution in [0.3, 0.4) is 0 Å². The first kappa shape index (κ1) is 18.0. The van der Waals surface area contributed by atoms with Gasteiger partial charge in [-0.1, -0.05) is 72.0 Å². The topological polar surface area (TPSA) is 42.0 Å². The van der Waals surface area contributed by atoms with Crippen LogP contribution in [0.2, 0.25) is 0 Å². The van der Waals surface area contributed by atoms with Crippen molar-refractivity contribution in [3.05, 3.63) is 95.8 Å². The molecule has 1 unspecified atom stereocenters. The zero-order chi connectivity index (χ0) is 20.1. The first-order valence-corrected chi connectivity index (χ1v) is 10.3. The maximum absolute atomic E-state index is 13.5. The molecule has 1 aliphatic rings. The van der Waals surface area contributed by atoms with E-state index in [1.54, 1.807) is 6.07 Å². The minimum Gasteiger partial charge on any atom is -0.301 e. The summed E-state index contributed by atoms with van der Waals surface area (Å²) in [7, 11) is 0. The molecule has 1 atom stereocenters. The number of carbonyl (C=O) groups is 1. The smallest absolute Gasteiger partial charge is 0.233 e. The number of nitrogens with zero attached hydrogens (tertiary/aromatic N) is 1. The largest absolute Gasteiger partial charge is 0.301 e. The van der Waals surface area contributed by atoms with Crippen LogP contribution in [0.4, 0.5) is 9.52 Å². The molecule has 0 bridgehead atoms. The summed E-state index contributed by atoms with van der Waals surface area (Å²) < 4.78 is 14.2. The monoisotopic (exact) mass is 402 g/mol. The Morgan fingerprint density at radius 2 is 1.62 bits per heavy atom. The lowest BCUT2D eigenvalue weighted by atomic mass is 9.80. The summed E-state index contributed by atoms with van der Waals surface area (Å²) in [5.41, 5.74) is 1.98. The Morgan fingerprint density at radius 3 is 2.24 bits per heavy atom. The van der Waals surface area contributed by atoms with Gasteiger partial charge in [-0.25, -0.2) is 9.37 Å². The third kappa shape index (κ3) is 2.76. The normalized spacial score (nSPS) is 19.8. The Bertz CT molecular complexity index is 1170. The number of carbonyl (C=O) groups excluding carboxylic acids is 1. The van der Waals surface area contributed by atoms with Gasteiger partial charge in [0.25, 0.3) is 0 Å². The summed E-state index contributed by atoms with van der Waals surface area (Å²) in [6.45, 7) is 2.01. The zero-order valence-electron chi connectivity index (χ0n) is 15.9. The summed E-state index contributed by atoms with van der Waals surface area (Å²) in [5.74, 6) is -0.370. The molecule has 144 valence electrons. The molecular weight excluding hydrogens is 383 g/mol. The molecule has 5 rings (SSSR count). The highest BCUT2D eigenvalue weighted by atomic mass is 32.1. The van der Waals surface area contributed by atoms with Crippen LogP contribution in [0.5, 0.6) is 0 Å². The lowest BCUT2D eigenvalue weighted by Gasteiger charge is -2.23. The molecule has 1 fully saturated rings. The van der Waals surface area contributed by atoms with Gasteiger partial charge in [-0.3, -0.25) is 4.79 Å². The molecule has 5 heteroatoms. The lowest BCUT2D eigenvalue weighted by Crippen LogP contribution is -2.30. The molecule has 1 N–H and O–H groups in total. The highest BCUT2D eigenvalue weighted by molar-refractivity contribution is 7.22. The van der Waals surface area contributed by atoms with Crippen molar-refractivity contribution in [2.24, 2.45) is 5.41 Å². The van der Waals surface area contributed by atoms with Crippen molar-refractivity contribution in [2.75, 3.05) is 5.32 Å². The van der Waals surface area contributed by atoms with Crippen LogP contribution in [-0.4, -0.2) is 10.9 Å². The number of amides is 1. The van der Waals surface area contributed by atoms with Crippen molar-refractivity contribution in [3.63, 3.8) is 0 Å². The van der Waals surface area contributed by atoms with E-state index in [2.05, 4.69) is 34.6 Å². The van der Waals surface area contributed by atoms with Gasteiger partial charge in [0, 0.05) is 5.41 Å². The number of halogens is 1. The van der Waals surface area contributed by atoms with Crippen LogP contribution in [0.1, 0.15) is 24.5 Å². The highest BCUT2D eigenvalue weighted by Gasteiger charge is 2.70. The maximum atomic E-state index is 13.5. The molecule has 0 spiro atoms. The quantitative estimate of drug-likeness (QED) is 0.471. The fourth-order valence-corrected chi connectivity index (χ4v) is 5.29. The predicted octanol–water partition coefficient (Wildman–Crippen LogP) is 5.77. The number of thiazole rings is 1. The van der Waals surface area contributed by atoms with Gasteiger partial charge < -0.3 is 5.32 Å². The van der Waals surface area contributed by atoms with Crippen molar-refractivity contribution < 1.29 is 9.18 Å². The Labute approximate surface area is 172 Å². The van der Waals surface area contributed by atoms with E-state index >= 15 is 0 Å². The van der Waals surface area contributed by atoms with E-state index < -0.39 is 5.41 Å². The molecule has 0 aliphatic heterocycles. The van der Waals surface area contributed by atoms with E-state index in [4.69, 9.17) is 0 Å². The number of nitrogens with one attached hydrogen (secondary N) is 1. The van der Waals surface area contributed by atoms with Crippen molar-refractivity contribution >= 4 is 32.6 Å². The molecule has 0 saturated heterocycles. The third-order valence-corrected chi connectivity index (χ3v) is 6.97. The van der Waals surface area contributed by atoms with E-state index in [1.165, 1.54) is 23.5 Å². The molecule has 1 aliphatic carbocycles. The molecule has 29 heavy (non-hydrogen) atoms. The van der Waals surface area contributed by atoms with Gasteiger partial charge in [0.1, 0.15) is 5.82 Å². The molecule has 3 aromatic carbocycles. The summed E-state index contributed by atoms with van der Waals surface area (Å²) >= 11 is 1.29. The highest BCUT2D eigenvalue weighted by Crippen LogP contribution is 2.68. The van der Waals surface area contributed by atoms with Crippen LogP contribution in [-0.2, 0) is 10.2 Å². The summed E-state index contributed by atoms with van der Waals surface area (Å²) in [6.07, 6.45) is 0.722. The third-order valence-electron chi connectivity index (χ3n) is 6.04. The lowest BCUT2D eigenvalue weighted by molar-refractivity contribution is -0.121. The Balaban J connectivity index is 1.51. The Morgan fingerprint density at radius 1 is 1.00 bits per heavy atom. The fraction of sp³-hybridized carbons (Fsp3) is 0.167. The van der Waals surface area contributed by atoms with Crippen molar-refractivity contribution in [1.29, 1.82) is 0 Å². The van der Waals surface area contributed by atoms with Gasteiger partial charge >= 0.3 is 0 Å². The van der Waals surface area contributed by atoms with Gasteiger partial charge in [0.05, 0.1) is 15.6 Å². The number of hydrogen-bond acceptors (Lipinski definition) is 3. The van der Waals surface area contributed by atoms with Crippen LogP contribution < -0.4 is 5.32 Å². The van der Waals surface area contributed by atoms with E-state index in [1.807, 2.05) is 43.3 Å². The second-order valence-corrected chi connectivity index (χ2v) is 8.76. The second kappa shape index (κ2) is 6.49. The average molecular weight is 402 g/mol. The maximum Gasteiger partial charge on any atom is 0.233 e. The Hall–Kier alpha value is -3.05. The molecule has 1 amide bonds. The van der Waals surface area contributed by atoms with Gasteiger partial charge in [0.15, 0.2) is 5.13 Å². The first-order chi connectivity index (χ1) is 14.0. The SMILES string of the molecule is CC1(C(=O)Nc2nc3ccc(F)cc3s2)CC1(c1ccccc1)c1ccccc1. The van der Waals surface area contributed by atoms with Crippen molar-refractivity contribution in [2.45, 2.75) is 18.8 Å². The molecule has 1 aromatic heterocycles. The van der Waals surface area contributed by atoms with Gasteiger partial charge in [-0.15, -0.1) is 0 Å². The number of benzene rings is 3. The van der Waals surface area contributed by atoms with Gasteiger partial charge in [0.2, 0.25) is 5.91 Å². The van der Waals surface area contributed by atoms with E-state index in [9.17, 15) is 9.18 Å². The van der Waals surface area contributed by atoms with Crippen LogP contribution in [0, 0.1) is 11.2 Å². The molecule has 1 heterocycles. The van der Waals surface area contributed by atoms with Gasteiger partial charge in [-0.2, -0.15) is 0 Å². The molecule has 1 saturated carbocycles. The minimum atomic E-state index is -0.598. The summed E-state index contributed by atoms with van der Waals surface area (Å²) in [6, 6.07) is 24.8. The first-order valence-electron chi connectivity index (χ1n) is 9.52. The number of hydrogen-bond donors (Lipinski definition) is 1. The zero-order valence-corrected chi connectivity index (χ0v) is 16.7. The number of anilines is 1.